The molecule has 0 spiro atoms. The first kappa shape index (κ1) is 13.0. The van der Waals surface area contributed by atoms with Crippen LogP contribution in [0.15, 0.2) is 36.4 Å². The number of ether oxygens (including phenoxy) is 1. The van der Waals surface area contributed by atoms with E-state index >= 15 is 0 Å². The first-order valence-electron chi connectivity index (χ1n) is 5.77. The van der Waals surface area contributed by atoms with Crippen LogP contribution in [-0.4, -0.2) is 13.3 Å². The van der Waals surface area contributed by atoms with Crippen LogP contribution in [0.4, 0.5) is 13.2 Å². The summed E-state index contributed by atoms with van der Waals surface area (Å²) in [6.45, 7) is 3.70. The monoisotopic (exact) mass is 256 g/mol. The lowest BCUT2D eigenvalue weighted by atomic mass is 9.78. The summed E-state index contributed by atoms with van der Waals surface area (Å²) in [4.78, 5) is 0. The molecule has 0 heterocycles. The number of allylic oxidation sites excluding steroid dienone is 1. The van der Waals surface area contributed by atoms with Gasteiger partial charge in [-0.3, -0.25) is 0 Å². The molecule has 1 aromatic carbocycles. The zero-order chi connectivity index (χ0) is 13.4. The molecule has 1 aliphatic rings. The van der Waals surface area contributed by atoms with E-state index in [-0.39, 0.29) is 18.4 Å². The summed E-state index contributed by atoms with van der Waals surface area (Å²) >= 11 is 0. The number of benzene rings is 1. The number of hydrogen-bond donors (Lipinski definition) is 0. The van der Waals surface area contributed by atoms with E-state index in [1.54, 1.807) is 12.1 Å². The summed E-state index contributed by atoms with van der Waals surface area (Å²) in [6.07, 6.45) is -3.79. The van der Waals surface area contributed by atoms with Crippen LogP contribution >= 0.6 is 0 Å². The van der Waals surface area contributed by atoms with Gasteiger partial charge in [0.05, 0.1) is 12.5 Å². The van der Waals surface area contributed by atoms with E-state index in [1.807, 2.05) is 0 Å². The Hall–Kier alpha value is -1.45. The highest BCUT2D eigenvalue weighted by Gasteiger charge is 2.57. The van der Waals surface area contributed by atoms with Crippen molar-refractivity contribution in [2.24, 2.45) is 0 Å². The van der Waals surface area contributed by atoms with Gasteiger partial charge in [0.1, 0.15) is 5.75 Å². The van der Waals surface area contributed by atoms with Gasteiger partial charge in [-0.15, -0.1) is 0 Å². The number of methoxy groups -OCH3 is 1. The summed E-state index contributed by atoms with van der Waals surface area (Å²) in [5.41, 5.74) is -0.860. The Labute approximate surface area is 104 Å². The molecular weight excluding hydrogens is 241 g/mol. The lowest BCUT2D eigenvalue weighted by Crippen LogP contribution is -2.39. The minimum atomic E-state index is -4.27. The SMILES string of the molecule is C=C1CCC(c2cccc(OC)c2)(C(F)(F)F)C1. The van der Waals surface area contributed by atoms with E-state index in [0.717, 1.165) is 0 Å². The highest BCUT2D eigenvalue weighted by Crippen LogP contribution is 2.53. The summed E-state index contributed by atoms with van der Waals surface area (Å²) < 4.78 is 45.3. The number of hydrogen-bond acceptors (Lipinski definition) is 1. The maximum absolute atomic E-state index is 13.4. The number of halogens is 3. The summed E-state index contributed by atoms with van der Waals surface area (Å²) in [5, 5.41) is 0. The second-order valence-corrected chi connectivity index (χ2v) is 4.74. The zero-order valence-corrected chi connectivity index (χ0v) is 10.2. The van der Waals surface area contributed by atoms with Crippen LogP contribution in [0, 0.1) is 0 Å². The van der Waals surface area contributed by atoms with Crippen LogP contribution in [0.2, 0.25) is 0 Å². The third-order valence-electron chi connectivity index (χ3n) is 3.62. The van der Waals surface area contributed by atoms with Crippen molar-refractivity contribution in [2.45, 2.75) is 30.9 Å². The fourth-order valence-electron chi connectivity index (χ4n) is 2.57. The molecule has 4 heteroatoms. The van der Waals surface area contributed by atoms with E-state index in [2.05, 4.69) is 6.58 Å². The first-order chi connectivity index (χ1) is 8.39. The van der Waals surface area contributed by atoms with Crippen LogP contribution < -0.4 is 4.74 Å². The average molecular weight is 256 g/mol. The van der Waals surface area contributed by atoms with Crippen molar-refractivity contribution < 1.29 is 17.9 Å². The molecule has 1 fully saturated rings. The Bertz CT molecular complexity index is 464. The fourth-order valence-corrected chi connectivity index (χ4v) is 2.57. The molecule has 18 heavy (non-hydrogen) atoms. The Morgan fingerprint density at radius 2 is 2.06 bits per heavy atom. The standard InChI is InChI=1S/C14H15F3O/c1-10-6-7-13(9-10,14(15,16)17)11-4-3-5-12(8-11)18-2/h3-5,8H,1,6-7,9H2,2H3. The van der Waals surface area contributed by atoms with Crippen LogP contribution in [0.3, 0.4) is 0 Å². The second kappa shape index (κ2) is 4.34. The number of alkyl halides is 3. The van der Waals surface area contributed by atoms with Crippen molar-refractivity contribution in [3.05, 3.63) is 42.0 Å². The Morgan fingerprint density at radius 3 is 2.56 bits per heavy atom. The molecule has 1 atom stereocenters. The first-order valence-corrected chi connectivity index (χ1v) is 5.77. The van der Waals surface area contributed by atoms with Crippen LogP contribution in [-0.2, 0) is 5.41 Å². The number of rotatable bonds is 2. The minimum absolute atomic E-state index is 0.0241. The lowest BCUT2D eigenvalue weighted by molar-refractivity contribution is -0.188. The van der Waals surface area contributed by atoms with E-state index in [4.69, 9.17) is 4.74 Å². The van der Waals surface area contributed by atoms with Gasteiger partial charge in [-0.2, -0.15) is 13.2 Å². The van der Waals surface area contributed by atoms with E-state index in [1.165, 1.54) is 19.2 Å². The van der Waals surface area contributed by atoms with Crippen LogP contribution in [0.25, 0.3) is 0 Å². The van der Waals surface area contributed by atoms with Crippen LogP contribution in [0.1, 0.15) is 24.8 Å². The van der Waals surface area contributed by atoms with Gasteiger partial charge in [0.2, 0.25) is 0 Å². The van der Waals surface area contributed by atoms with Gasteiger partial charge in [-0.25, -0.2) is 0 Å². The molecule has 0 bridgehead atoms. The van der Waals surface area contributed by atoms with Crippen molar-refractivity contribution in [1.82, 2.24) is 0 Å². The van der Waals surface area contributed by atoms with Gasteiger partial charge in [-0.1, -0.05) is 24.3 Å². The fraction of sp³-hybridized carbons (Fsp3) is 0.429. The molecule has 1 nitrogen and oxygen atoms in total. The van der Waals surface area contributed by atoms with Crippen LogP contribution in [0.5, 0.6) is 5.75 Å². The maximum Gasteiger partial charge on any atom is 0.398 e. The molecule has 0 aromatic heterocycles. The van der Waals surface area contributed by atoms with Crippen molar-refractivity contribution >= 4 is 0 Å². The lowest BCUT2D eigenvalue weighted by Gasteiger charge is -2.32. The highest BCUT2D eigenvalue weighted by molar-refractivity contribution is 5.38. The zero-order valence-electron chi connectivity index (χ0n) is 10.2. The highest BCUT2D eigenvalue weighted by atomic mass is 19.4. The van der Waals surface area contributed by atoms with Crippen molar-refractivity contribution in [1.29, 1.82) is 0 Å². The van der Waals surface area contributed by atoms with E-state index < -0.39 is 11.6 Å². The molecule has 1 aromatic rings. The van der Waals surface area contributed by atoms with Crippen molar-refractivity contribution in [2.75, 3.05) is 7.11 Å². The van der Waals surface area contributed by atoms with Crippen molar-refractivity contribution in [3.63, 3.8) is 0 Å². The molecular formula is C14H15F3O. The quantitative estimate of drug-likeness (QED) is 0.719. The molecule has 0 amide bonds. The largest absolute Gasteiger partial charge is 0.497 e. The molecule has 2 rings (SSSR count). The molecule has 0 aliphatic heterocycles. The third-order valence-corrected chi connectivity index (χ3v) is 3.62. The van der Waals surface area contributed by atoms with Gasteiger partial charge in [0, 0.05) is 0 Å². The second-order valence-electron chi connectivity index (χ2n) is 4.74. The topological polar surface area (TPSA) is 9.23 Å². The Kier molecular flexibility index (Phi) is 3.13. The summed E-state index contributed by atoms with van der Waals surface area (Å²) in [7, 11) is 1.45. The maximum atomic E-state index is 13.4. The molecule has 1 saturated carbocycles. The predicted molar refractivity (Wildman–Crippen MR) is 63.7 cm³/mol. The molecule has 1 aliphatic carbocycles. The minimum Gasteiger partial charge on any atom is -0.497 e. The smallest absolute Gasteiger partial charge is 0.398 e. The molecule has 0 N–H and O–H groups in total. The molecule has 0 saturated heterocycles. The van der Waals surface area contributed by atoms with Gasteiger partial charge in [0.15, 0.2) is 0 Å². The van der Waals surface area contributed by atoms with Gasteiger partial charge >= 0.3 is 6.18 Å². The Balaban J connectivity index is 2.50. The summed E-state index contributed by atoms with van der Waals surface area (Å²) in [5.74, 6) is 0.452. The normalized spacial score (nSPS) is 24.3. The Morgan fingerprint density at radius 1 is 1.33 bits per heavy atom. The molecule has 1 unspecified atom stereocenters. The van der Waals surface area contributed by atoms with Gasteiger partial charge in [-0.05, 0) is 37.0 Å². The average Bonchev–Trinajstić information content (AvgIpc) is 2.72. The van der Waals surface area contributed by atoms with E-state index in [9.17, 15) is 13.2 Å². The molecule has 0 radical (unpaired) electrons. The van der Waals surface area contributed by atoms with Gasteiger partial charge in [0.25, 0.3) is 0 Å². The third kappa shape index (κ3) is 2.00. The van der Waals surface area contributed by atoms with E-state index in [0.29, 0.717) is 17.7 Å². The van der Waals surface area contributed by atoms with Gasteiger partial charge < -0.3 is 4.74 Å². The van der Waals surface area contributed by atoms with Crippen molar-refractivity contribution in [3.8, 4) is 5.75 Å². The summed E-state index contributed by atoms with van der Waals surface area (Å²) in [6, 6.07) is 6.25. The predicted octanol–water partition coefficient (Wildman–Crippen LogP) is 4.24. The molecule has 98 valence electrons.